The van der Waals surface area contributed by atoms with Gasteiger partial charge in [-0.15, -0.1) is 0 Å². The quantitative estimate of drug-likeness (QED) is 0.897. The van der Waals surface area contributed by atoms with Crippen LogP contribution in [-0.4, -0.2) is 10.1 Å². The van der Waals surface area contributed by atoms with E-state index in [1.165, 1.54) is 0 Å². The van der Waals surface area contributed by atoms with Gasteiger partial charge < -0.3 is 9.84 Å². The van der Waals surface area contributed by atoms with Crippen molar-refractivity contribution in [2.24, 2.45) is 0 Å². The number of benzene rings is 1. The zero-order valence-corrected chi connectivity index (χ0v) is 10.6. The number of hydrogen-bond acceptors (Lipinski definition) is 3. The Bertz CT molecular complexity index is 523. The minimum atomic E-state index is -0.536. The van der Waals surface area contributed by atoms with E-state index in [4.69, 9.17) is 4.74 Å². The Morgan fingerprint density at radius 1 is 1.22 bits per heavy atom. The number of para-hydroxylation sites is 1. The summed E-state index contributed by atoms with van der Waals surface area (Å²) in [5.74, 6) is 0.706. The van der Waals surface area contributed by atoms with Crippen molar-refractivity contribution in [3.05, 3.63) is 59.4 Å². The molecule has 3 nitrogen and oxygen atoms in total. The van der Waals surface area contributed by atoms with Crippen molar-refractivity contribution in [1.29, 1.82) is 0 Å². The van der Waals surface area contributed by atoms with Crippen LogP contribution in [0, 0.1) is 6.92 Å². The Morgan fingerprint density at radius 2 is 2.00 bits per heavy atom. The first-order valence-corrected chi connectivity index (χ1v) is 5.99. The maximum absolute atomic E-state index is 9.66. The van der Waals surface area contributed by atoms with Gasteiger partial charge in [0.15, 0.2) is 0 Å². The van der Waals surface area contributed by atoms with Gasteiger partial charge in [0.1, 0.15) is 12.4 Å². The van der Waals surface area contributed by atoms with Gasteiger partial charge in [0.2, 0.25) is 0 Å². The van der Waals surface area contributed by atoms with Crippen molar-refractivity contribution < 1.29 is 9.84 Å². The van der Waals surface area contributed by atoms with E-state index in [0.29, 0.717) is 12.4 Å². The summed E-state index contributed by atoms with van der Waals surface area (Å²) in [4.78, 5) is 4.28. The molecule has 0 spiro atoms. The Labute approximate surface area is 107 Å². The molecule has 94 valence electrons. The van der Waals surface area contributed by atoms with E-state index in [2.05, 4.69) is 4.98 Å². The number of rotatable bonds is 4. The van der Waals surface area contributed by atoms with Crippen LogP contribution in [0.2, 0.25) is 0 Å². The number of hydrogen-bond donors (Lipinski definition) is 1. The molecule has 0 bridgehead atoms. The van der Waals surface area contributed by atoms with Gasteiger partial charge >= 0.3 is 0 Å². The van der Waals surface area contributed by atoms with Crippen LogP contribution < -0.4 is 4.74 Å². The molecule has 0 amide bonds. The van der Waals surface area contributed by atoms with Crippen LogP contribution in [0.3, 0.4) is 0 Å². The van der Waals surface area contributed by atoms with Crippen LogP contribution in [0.15, 0.2) is 42.6 Å². The predicted molar refractivity (Wildman–Crippen MR) is 70.4 cm³/mol. The summed E-state index contributed by atoms with van der Waals surface area (Å²) < 4.78 is 5.74. The minimum Gasteiger partial charge on any atom is -0.487 e. The van der Waals surface area contributed by atoms with E-state index >= 15 is 0 Å². The van der Waals surface area contributed by atoms with Gasteiger partial charge in [0.05, 0.1) is 11.8 Å². The van der Waals surface area contributed by atoms with Gasteiger partial charge in [0, 0.05) is 11.8 Å². The van der Waals surface area contributed by atoms with Crippen molar-refractivity contribution in [3.63, 3.8) is 0 Å². The number of aliphatic hydroxyl groups excluding tert-OH is 1. The average molecular weight is 243 g/mol. The molecule has 0 radical (unpaired) electrons. The van der Waals surface area contributed by atoms with Crippen molar-refractivity contribution in [2.75, 3.05) is 0 Å². The van der Waals surface area contributed by atoms with Crippen molar-refractivity contribution in [3.8, 4) is 5.75 Å². The highest BCUT2D eigenvalue weighted by Crippen LogP contribution is 2.25. The standard InChI is InChI=1S/C15H17NO2/c1-11-6-5-9-16-14(11)10-18-15-8-4-3-7-13(15)12(2)17/h3-9,12,17H,10H2,1-2H3/t12-/m1/s1. The Balaban J connectivity index is 2.14. The molecule has 0 unspecified atom stereocenters. The van der Waals surface area contributed by atoms with Gasteiger partial charge in [-0.3, -0.25) is 4.98 Å². The predicted octanol–water partition coefficient (Wildman–Crippen LogP) is 3.02. The zero-order valence-electron chi connectivity index (χ0n) is 10.6. The molecule has 0 aliphatic carbocycles. The Kier molecular flexibility index (Phi) is 3.95. The fourth-order valence-electron chi connectivity index (χ4n) is 1.77. The number of pyridine rings is 1. The molecule has 1 atom stereocenters. The molecular formula is C15H17NO2. The van der Waals surface area contributed by atoms with Crippen molar-refractivity contribution in [1.82, 2.24) is 4.98 Å². The number of aryl methyl sites for hydroxylation is 1. The molecule has 2 rings (SSSR count). The van der Waals surface area contributed by atoms with Gasteiger partial charge in [0.25, 0.3) is 0 Å². The van der Waals surface area contributed by atoms with Crippen LogP contribution in [0.1, 0.15) is 29.8 Å². The van der Waals surface area contributed by atoms with Gasteiger partial charge in [-0.05, 0) is 31.5 Å². The number of nitrogens with zero attached hydrogens (tertiary/aromatic N) is 1. The van der Waals surface area contributed by atoms with E-state index in [-0.39, 0.29) is 0 Å². The lowest BCUT2D eigenvalue weighted by Gasteiger charge is -2.13. The topological polar surface area (TPSA) is 42.4 Å². The fourth-order valence-corrected chi connectivity index (χ4v) is 1.77. The van der Waals surface area contributed by atoms with Crippen LogP contribution in [0.25, 0.3) is 0 Å². The Morgan fingerprint density at radius 3 is 2.72 bits per heavy atom. The third-order valence-corrected chi connectivity index (χ3v) is 2.85. The summed E-state index contributed by atoms with van der Waals surface area (Å²) in [6.45, 7) is 4.15. The average Bonchev–Trinajstić information content (AvgIpc) is 2.38. The third-order valence-electron chi connectivity index (χ3n) is 2.85. The molecule has 18 heavy (non-hydrogen) atoms. The molecule has 1 aromatic heterocycles. The van der Waals surface area contributed by atoms with E-state index in [1.807, 2.05) is 43.3 Å². The van der Waals surface area contributed by atoms with Crippen LogP contribution >= 0.6 is 0 Å². The maximum atomic E-state index is 9.66. The summed E-state index contributed by atoms with van der Waals surface area (Å²) in [6.07, 6.45) is 1.22. The SMILES string of the molecule is Cc1cccnc1COc1ccccc1[C@@H](C)O. The molecule has 0 saturated carbocycles. The smallest absolute Gasteiger partial charge is 0.130 e. The van der Waals surface area contributed by atoms with E-state index in [1.54, 1.807) is 13.1 Å². The molecule has 0 aliphatic rings. The summed E-state index contributed by atoms with van der Waals surface area (Å²) >= 11 is 0. The van der Waals surface area contributed by atoms with E-state index < -0.39 is 6.10 Å². The summed E-state index contributed by atoms with van der Waals surface area (Å²) in [5.41, 5.74) is 2.82. The van der Waals surface area contributed by atoms with Gasteiger partial charge in [-0.25, -0.2) is 0 Å². The van der Waals surface area contributed by atoms with Crippen LogP contribution in [0.4, 0.5) is 0 Å². The maximum Gasteiger partial charge on any atom is 0.130 e. The van der Waals surface area contributed by atoms with E-state index in [9.17, 15) is 5.11 Å². The molecule has 1 aromatic carbocycles. The largest absolute Gasteiger partial charge is 0.487 e. The summed E-state index contributed by atoms with van der Waals surface area (Å²) in [5, 5.41) is 9.66. The lowest BCUT2D eigenvalue weighted by atomic mass is 10.1. The molecule has 1 heterocycles. The van der Waals surface area contributed by atoms with Crippen molar-refractivity contribution >= 4 is 0 Å². The first-order valence-electron chi connectivity index (χ1n) is 5.99. The number of aliphatic hydroxyl groups is 1. The second-order valence-corrected chi connectivity index (χ2v) is 4.27. The highest BCUT2D eigenvalue weighted by molar-refractivity contribution is 5.35. The van der Waals surface area contributed by atoms with Gasteiger partial charge in [-0.2, -0.15) is 0 Å². The normalized spacial score (nSPS) is 12.2. The minimum absolute atomic E-state index is 0.413. The van der Waals surface area contributed by atoms with Gasteiger partial charge in [-0.1, -0.05) is 24.3 Å². The molecule has 3 heteroatoms. The molecule has 0 aliphatic heterocycles. The van der Waals surface area contributed by atoms with Crippen molar-refractivity contribution in [2.45, 2.75) is 26.6 Å². The highest BCUT2D eigenvalue weighted by Gasteiger charge is 2.09. The van der Waals surface area contributed by atoms with Crippen LogP contribution in [0.5, 0.6) is 5.75 Å². The monoisotopic (exact) mass is 243 g/mol. The zero-order chi connectivity index (χ0) is 13.0. The summed E-state index contributed by atoms with van der Waals surface area (Å²) in [7, 11) is 0. The second kappa shape index (κ2) is 5.65. The molecule has 0 saturated heterocycles. The van der Waals surface area contributed by atoms with E-state index in [0.717, 1.165) is 16.8 Å². The fraction of sp³-hybridized carbons (Fsp3) is 0.267. The molecule has 0 fully saturated rings. The molecular weight excluding hydrogens is 226 g/mol. The lowest BCUT2D eigenvalue weighted by Crippen LogP contribution is -2.03. The number of ether oxygens (including phenoxy) is 1. The Hall–Kier alpha value is -1.87. The molecule has 2 aromatic rings. The second-order valence-electron chi connectivity index (χ2n) is 4.27. The number of aromatic nitrogens is 1. The molecule has 1 N–H and O–H groups in total. The van der Waals surface area contributed by atoms with Crippen LogP contribution in [-0.2, 0) is 6.61 Å². The lowest BCUT2D eigenvalue weighted by molar-refractivity contribution is 0.190. The first-order chi connectivity index (χ1) is 8.68. The highest BCUT2D eigenvalue weighted by atomic mass is 16.5. The third kappa shape index (κ3) is 2.87. The first kappa shape index (κ1) is 12.6. The summed E-state index contributed by atoms with van der Waals surface area (Å²) in [6, 6.07) is 11.4.